The van der Waals surface area contributed by atoms with Crippen LogP contribution in [0.4, 0.5) is 16.2 Å². The third-order valence-corrected chi connectivity index (χ3v) is 6.84. The van der Waals surface area contributed by atoms with Gasteiger partial charge in [-0.1, -0.05) is 18.9 Å². The van der Waals surface area contributed by atoms with Gasteiger partial charge in [-0.3, -0.25) is 4.79 Å². The van der Waals surface area contributed by atoms with E-state index in [0.29, 0.717) is 29.8 Å². The molecule has 3 amide bonds. The van der Waals surface area contributed by atoms with Crippen molar-refractivity contribution in [3.05, 3.63) is 54.1 Å². The summed E-state index contributed by atoms with van der Waals surface area (Å²) in [5, 5.41) is 4.78. The predicted octanol–water partition coefficient (Wildman–Crippen LogP) is 3.15. The zero-order valence-corrected chi connectivity index (χ0v) is 15.5. The van der Waals surface area contributed by atoms with Crippen molar-refractivity contribution in [1.82, 2.24) is 0 Å². The van der Waals surface area contributed by atoms with Gasteiger partial charge in [0.1, 0.15) is 0 Å². The number of hydrogen-bond acceptors (Lipinski definition) is 4. The van der Waals surface area contributed by atoms with Crippen LogP contribution in [0.2, 0.25) is 0 Å². The minimum atomic E-state index is -3.38. The normalized spacial score (nSPS) is 14.7. The second kappa shape index (κ2) is 7.79. The molecule has 0 saturated heterocycles. The maximum absolute atomic E-state index is 12.7. The van der Waals surface area contributed by atoms with Gasteiger partial charge >= 0.3 is 6.03 Å². The number of nitrogens with one attached hydrogen (secondary N) is 2. The molecule has 0 aliphatic heterocycles. The maximum atomic E-state index is 12.7. The Morgan fingerprint density at radius 2 is 1.59 bits per heavy atom. The van der Waals surface area contributed by atoms with Gasteiger partial charge in [0.25, 0.3) is 5.91 Å². The Bertz CT molecular complexity index is 949. The number of carbonyl (C=O) groups excluding carboxylic acids is 2. The summed E-state index contributed by atoms with van der Waals surface area (Å²) in [5.74, 6) is -0.379. The van der Waals surface area contributed by atoms with Crippen LogP contribution in [0.3, 0.4) is 0 Å². The number of hydrogen-bond donors (Lipinski definition) is 3. The van der Waals surface area contributed by atoms with Crippen molar-refractivity contribution in [1.29, 1.82) is 0 Å². The molecule has 27 heavy (non-hydrogen) atoms. The van der Waals surface area contributed by atoms with Crippen molar-refractivity contribution >= 4 is 33.2 Å². The number of amides is 3. The summed E-state index contributed by atoms with van der Waals surface area (Å²) in [6.45, 7) is 0. The summed E-state index contributed by atoms with van der Waals surface area (Å²) in [4.78, 5) is 23.4. The van der Waals surface area contributed by atoms with E-state index in [-0.39, 0.29) is 16.1 Å². The fourth-order valence-electron chi connectivity index (χ4n) is 3.19. The van der Waals surface area contributed by atoms with Crippen molar-refractivity contribution in [3.63, 3.8) is 0 Å². The van der Waals surface area contributed by atoms with E-state index >= 15 is 0 Å². The van der Waals surface area contributed by atoms with E-state index in [1.165, 1.54) is 6.07 Å². The fourth-order valence-corrected chi connectivity index (χ4v) is 5.09. The minimum Gasteiger partial charge on any atom is -0.351 e. The van der Waals surface area contributed by atoms with Gasteiger partial charge in [0.15, 0.2) is 9.84 Å². The van der Waals surface area contributed by atoms with Crippen LogP contribution in [-0.4, -0.2) is 25.6 Å². The van der Waals surface area contributed by atoms with E-state index in [4.69, 9.17) is 5.73 Å². The summed E-state index contributed by atoms with van der Waals surface area (Å²) in [7, 11) is -3.38. The van der Waals surface area contributed by atoms with E-state index in [9.17, 15) is 18.0 Å². The molecule has 0 unspecified atom stereocenters. The van der Waals surface area contributed by atoms with E-state index in [1.807, 2.05) is 0 Å². The van der Waals surface area contributed by atoms with Gasteiger partial charge in [-0.2, -0.15) is 0 Å². The van der Waals surface area contributed by atoms with Gasteiger partial charge in [0.05, 0.1) is 10.1 Å². The maximum Gasteiger partial charge on any atom is 0.316 e. The molecule has 1 saturated carbocycles. The summed E-state index contributed by atoms with van der Waals surface area (Å²) >= 11 is 0. The van der Waals surface area contributed by atoms with Crippen LogP contribution < -0.4 is 16.4 Å². The van der Waals surface area contributed by atoms with Crippen LogP contribution in [0, 0.1) is 0 Å². The lowest BCUT2D eigenvalue weighted by Crippen LogP contribution is -2.19. The first-order valence-electron chi connectivity index (χ1n) is 8.68. The molecule has 0 aromatic heterocycles. The average Bonchev–Trinajstić information content (AvgIpc) is 3.17. The Morgan fingerprint density at radius 3 is 2.22 bits per heavy atom. The molecule has 0 bridgehead atoms. The highest BCUT2D eigenvalue weighted by Crippen LogP contribution is 2.30. The highest BCUT2D eigenvalue weighted by atomic mass is 32.2. The topological polar surface area (TPSA) is 118 Å². The van der Waals surface area contributed by atoms with Crippen LogP contribution in [0.25, 0.3) is 0 Å². The Hall–Kier alpha value is -2.87. The van der Waals surface area contributed by atoms with Gasteiger partial charge in [-0.05, 0) is 55.3 Å². The lowest BCUT2D eigenvalue weighted by molar-refractivity contribution is 0.102. The largest absolute Gasteiger partial charge is 0.351 e. The number of sulfone groups is 1. The number of benzene rings is 2. The molecule has 2 aromatic rings. The molecular weight excluding hydrogens is 366 g/mol. The van der Waals surface area contributed by atoms with Crippen LogP contribution in [0.15, 0.2) is 53.4 Å². The van der Waals surface area contributed by atoms with Crippen molar-refractivity contribution in [2.45, 2.75) is 35.8 Å². The second-order valence-electron chi connectivity index (χ2n) is 6.50. The summed E-state index contributed by atoms with van der Waals surface area (Å²) < 4.78 is 25.4. The number of rotatable bonds is 5. The van der Waals surface area contributed by atoms with Gasteiger partial charge in [-0.25, -0.2) is 13.2 Å². The molecular formula is C19H21N3O4S. The molecule has 0 spiro atoms. The predicted molar refractivity (Wildman–Crippen MR) is 103 cm³/mol. The first-order valence-corrected chi connectivity index (χ1v) is 10.2. The first kappa shape index (κ1) is 18.9. The van der Waals surface area contributed by atoms with E-state index in [0.717, 1.165) is 12.8 Å². The summed E-state index contributed by atoms with van der Waals surface area (Å²) in [6, 6.07) is 11.8. The quantitative estimate of drug-likeness (QED) is 0.730. The third-order valence-electron chi connectivity index (χ3n) is 4.58. The lowest BCUT2D eigenvalue weighted by atomic mass is 10.2. The lowest BCUT2D eigenvalue weighted by Gasteiger charge is -2.13. The molecule has 142 valence electrons. The minimum absolute atomic E-state index is 0.230. The number of urea groups is 1. The number of primary amides is 1. The Labute approximate surface area is 157 Å². The van der Waals surface area contributed by atoms with Crippen molar-refractivity contribution in [2.75, 3.05) is 10.6 Å². The number of nitrogens with two attached hydrogens (primary N) is 1. The molecule has 0 heterocycles. The molecule has 3 rings (SSSR count). The molecule has 1 aliphatic carbocycles. The Balaban J connectivity index is 1.74. The standard InChI is InChI=1S/C19H21N3O4S/c20-19(24)22-14-10-8-13(9-11-14)18(23)21-15-4-3-7-17(12-15)27(25,26)16-5-1-2-6-16/h3-4,7-12,16H,1-2,5-6H2,(H,21,23)(H3,20,22,24). The zero-order chi connectivity index (χ0) is 19.4. The zero-order valence-electron chi connectivity index (χ0n) is 14.6. The van der Waals surface area contributed by atoms with Gasteiger partial charge < -0.3 is 16.4 Å². The van der Waals surface area contributed by atoms with Crippen molar-refractivity contribution in [2.24, 2.45) is 5.73 Å². The smallest absolute Gasteiger partial charge is 0.316 e. The van der Waals surface area contributed by atoms with Crippen molar-refractivity contribution in [3.8, 4) is 0 Å². The fraction of sp³-hybridized carbons (Fsp3) is 0.263. The van der Waals surface area contributed by atoms with Gasteiger partial charge in [-0.15, -0.1) is 0 Å². The molecule has 0 radical (unpaired) electrons. The third kappa shape index (κ3) is 4.46. The van der Waals surface area contributed by atoms with Gasteiger partial charge in [0, 0.05) is 16.9 Å². The second-order valence-corrected chi connectivity index (χ2v) is 8.73. The molecule has 4 N–H and O–H groups in total. The van der Waals surface area contributed by atoms with E-state index in [1.54, 1.807) is 42.5 Å². The van der Waals surface area contributed by atoms with Crippen LogP contribution in [-0.2, 0) is 9.84 Å². The van der Waals surface area contributed by atoms with E-state index < -0.39 is 15.9 Å². The number of carbonyl (C=O) groups is 2. The van der Waals surface area contributed by atoms with Gasteiger partial charge in [0.2, 0.25) is 0 Å². The van der Waals surface area contributed by atoms with Crippen LogP contribution in [0.1, 0.15) is 36.0 Å². The molecule has 8 heteroatoms. The molecule has 1 aliphatic rings. The van der Waals surface area contributed by atoms with E-state index in [2.05, 4.69) is 10.6 Å². The summed E-state index contributed by atoms with van der Waals surface area (Å²) in [6.07, 6.45) is 3.23. The highest BCUT2D eigenvalue weighted by molar-refractivity contribution is 7.92. The van der Waals surface area contributed by atoms with Crippen LogP contribution in [0.5, 0.6) is 0 Å². The summed E-state index contributed by atoms with van der Waals surface area (Å²) in [5.41, 5.74) is 6.30. The monoisotopic (exact) mass is 387 g/mol. The molecule has 0 atom stereocenters. The molecule has 2 aromatic carbocycles. The SMILES string of the molecule is NC(=O)Nc1ccc(C(=O)Nc2cccc(S(=O)(=O)C3CCCC3)c2)cc1. The van der Waals surface area contributed by atoms with Crippen LogP contribution >= 0.6 is 0 Å². The Kier molecular flexibility index (Phi) is 5.46. The first-order chi connectivity index (χ1) is 12.9. The highest BCUT2D eigenvalue weighted by Gasteiger charge is 2.30. The van der Waals surface area contributed by atoms with Crippen molar-refractivity contribution < 1.29 is 18.0 Å². The molecule has 1 fully saturated rings. The number of anilines is 2. The Morgan fingerprint density at radius 1 is 0.926 bits per heavy atom. The average molecular weight is 387 g/mol. The molecule has 7 nitrogen and oxygen atoms in total.